The highest BCUT2D eigenvalue weighted by molar-refractivity contribution is 7.27. The lowest BCUT2D eigenvalue weighted by atomic mass is 9.99. The van der Waals surface area contributed by atoms with Crippen LogP contribution in [-0.4, -0.2) is 66.2 Å². The Morgan fingerprint density at radius 1 is 1.37 bits per heavy atom. The number of hydrogen-bond donors (Lipinski definition) is 1. The number of aromatic nitrogens is 2. The number of ether oxygens (including phenoxy) is 2. The van der Waals surface area contributed by atoms with E-state index >= 15 is 0 Å². The molecule has 35 heavy (non-hydrogen) atoms. The number of carbonyl (C=O) groups excluding carboxylic acids is 2. The molecule has 0 saturated carbocycles. The second kappa shape index (κ2) is 10.3. The van der Waals surface area contributed by atoms with Crippen LogP contribution in [0.4, 0.5) is 9.18 Å². The number of nitrogens with one attached hydrogen (secondary N) is 1. The van der Waals surface area contributed by atoms with Crippen molar-refractivity contribution in [1.82, 2.24) is 19.6 Å². The summed E-state index contributed by atoms with van der Waals surface area (Å²) < 4.78 is 26.9. The Hall–Kier alpha value is -3.03. The molecule has 3 heterocycles. The van der Waals surface area contributed by atoms with E-state index in [4.69, 9.17) is 14.5 Å². The minimum absolute atomic E-state index is 0.167. The quantitative estimate of drug-likeness (QED) is 0.544. The van der Waals surface area contributed by atoms with E-state index in [2.05, 4.69) is 14.6 Å². The van der Waals surface area contributed by atoms with E-state index in [-0.39, 0.29) is 18.1 Å². The number of morpholine rings is 1. The monoisotopic (exact) mass is 500 g/mol. The number of imidazole rings is 1. The molecule has 0 bridgehead atoms. The molecule has 2 aromatic heterocycles. The molecule has 0 spiro atoms. The van der Waals surface area contributed by atoms with Gasteiger partial charge in [-0.05, 0) is 54.5 Å². The molecule has 1 aromatic carbocycles. The number of rotatable bonds is 5. The number of carbonyl (C=O) groups is 2. The van der Waals surface area contributed by atoms with Crippen molar-refractivity contribution in [1.29, 1.82) is 0 Å². The van der Waals surface area contributed by atoms with Gasteiger partial charge in [0.15, 0.2) is 0 Å². The first-order valence-electron chi connectivity index (χ1n) is 11.5. The Morgan fingerprint density at radius 3 is 2.83 bits per heavy atom. The number of halogens is 1. The van der Waals surface area contributed by atoms with Gasteiger partial charge in [-0.15, -0.1) is 9.24 Å². The van der Waals surface area contributed by atoms with Gasteiger partial charge >= 0.3 is 6.09 Å². The molecular formula is C25H30FN4O4P. The number of hydrogen-bond acceptors (Lipinski definition) is 5. The third-order valence-corrected chi connectivity index (χ3v) is 6.80. The van der Waals surface area contributed by atoms with Crippen LogP contribution in [-0.2, 0) is 15.9 Å². The minimum Gasteiger partial charge on any atom is -0.453 e. The Labute approximate surface area is 206 Å². The van der Waals surface area contributed by atoms with Crippen LogP contribution >= 0.6 is 9.24 Å². The summed E-state index contributed by atoms with van der Waals surface area (Å²) in [7, 11) is 5.58. The summed E-state index contributed by atoms with van der Waals surface area (Å²) in [6, 6.07) is 7.26. The molecule has 10 heteroatoms. The molecule has 3 atom stereocenters. The molecule has 0 radical (unpaired) electrons. The van der Waals surface area contributed by atoms with E-state index in [0.717, 1.165) is 27.8 Å². The maximum atomic E-state index is 14.0. The second-order valence-corrected chi connectivity index (χ2v) is 9.28. The molecular weight excluding hydrogens is 470 g/mol. The van der Waals surface area contributed by atoms with Crippen LogP contribution < -0.4 is 10.6 Å². The first kappa shape index (κ1) is 25.1. The van der Waals surface area contributed by atoms with Crippen LogP contribution in [0.3, 0.4) is 0 Å². The first-order valence-corrected chi connectivity index (χ1v) is 12.0. The van der Waals surface area contributed by atoms with Crippen molar-refractivity contribution in [2.24, 2.45) is 0 Å². The van der Waals surface area contributed by atoms with E-state index in [9.17, 15) is 14.0 Å². The van der Waals surface area contributed by atoms with E-state index in [0.29, 0.717) is 42.9 Å². The average molecular weight is 501 g/mol. The number of benzene rings is 1. The molecule has 1 aliphatic heterocycles. The standard InChI is InChI=1S/C25H30FN4O4P/c1-14-9-19(24(31)27-3)21(35)12-18(14)23-20(11-17-13-29(7-8-34-17)25(32)33-4)30-6-5-16(15(2)26)10-22(30)28-23/h5-6,9-10,12,15,17H,7-8,11,13,35H2,1-4H3,(H,27,31)/t15?,17-/m0/s1. The largest absolute Gasteiger partial charge is 0.453 e. The van der Waals surface area contributed by atoms with Gasteiger partial charge in [0.1, 0.15) is 11.8 Å². The van der Waals surface area contributed by atoms with E-state index in [1.165, 1.54) is 14.0 Å². The van der Waals surface area contributed by atoms with Crippen LogP contribution in [0.15, 0.2) is 30.5 Å². The summed E-state index contributed by atoms with van der Waals surface area (Å²) >= 11 is 0. The number of methoxy groups -OCH3 is 1. The zero-order valence-electron chi connectivity index (χ0n) is 20.3. The van der Waals surface area contributed by atoms with Gasteiger partial charge in [-0.3, -0.25) is 4.79 Å². The van der Waals surface area contributed by atoms with Crippen molar-refractivity contribution in [3.05, 3.63) is 52.8 Å². The number of amides is 2. The number of fused-ring (bicyclic) bond motifs is 1. The van der Waals surface area contributed by atoms with Crippen LogP contribution in [0.1, 0.15) is 40.3 Å². The van der Waals surface area contributed by atoms with Gasteiger partial charge in [-0.25, -0.2) is 14.2 Å². The Kier molecular flexibility index (Phi) is 7.38. The highest BCUT2D eigenvalue weighted by Gasteiger charge is 2.28. The molecule has 2 amide bonds. The number of nitrogens with zero attached hydrogens (tertiary/aromatic N) is 3. The van der Waals surface area contributed by atoms with Gasteiger partial charge in [0.05, 0.1) is 37.8 Å². The Balaban J connectivity index is 1.81. The van der Waals surface area contributed by atoms with Crippen LogP contribution in [0, 0.1) is 6.92 Å². The molecule has 186 valence electrons. The summed E-state index contributed by atoms with van der Waals surface area (Å²) in [6.07, 6.45) is 0.542. The van der Waals surface area contributed by atoms with Crippen LogP contribution in [0.5, 0.6) is 0 Å². The molecule has 1 N–H and O–H groups in total. The average Bonchev–Trinajstić information content (AvgIpc) is 3.21. The van der Waals surface area contributed by atoms with Crippen LogP contribution in [0.25, 0.3) is 16.9 Å². The highest BCUT2D eigenvalue weighted by Crippen LogP contribution is 2.31. The van der Waals surface area contributed by atoms with Crippen LogP contribution in [0.2, 0.25) is 0 Å². The molecule has 0 aliphatic carbocycles. The maximum absolute atomic E-state index is 14.0. The molecule has 2 unspecified atom stereocenters. The third kappa shape index (κ3) is 5.02. The predicted octanol–water partition coefficient (Wildman–Crippen LogP) is 3.21. The summed E-state index contributed by atoms with van der Waals surface area (Å²) in [5.41, 5.74) is 5.12. The lowest BCUT2D eigenvalue weighted by Gasteiger charge is -2.32. The van der Waals surface area contributed by atoms with Gasteiger partial charge in [0.25, 0.3) is 5.91 Å². The van der Waals surface area contributed by atoms with Crippen molar-refractivity contribution >= 4 is 32.2 Å². The Morgan fingerprint density at radius 2 is 2.14 bits per heavy atom. The third-order valence-electron chi connectivity index (χ3n) is 6.32. The fourth-order valence-electron chi connectivity index (χ4n) is 4.43. The Bertz CT molecular complexity index is 1280. The highest BCUT2D eigenvalue weighted by atomic mass is 31.0. The molecule has 1 aliphatic rings. The molecule has 4 rings (SSSR count). The molecule has 8 nitrogen and oxygen atoms in total. The fourth-order valence-corrected chi connectivity index (χ4v) is 4.81. The number of aryl methyl sites for hydroxylation is 1. The van der Waals surface area contributed by atoms with Crippen molar-refractivity contribution < 1.29 is 23.5 Å². The zero-order chi connectivity index (χ0) is 25.3. The van der Waals surface area contributed by atoms with E-state index in [1.54, 1.807) is 24.1 Å². The van der Waals surface area contributed by atoms with Gasteiger partial charge in [-0.2, -0.15) is 0 Å². The second-order valence-electron chi connectivity index (χ2n) is 8.66. The van der Waals surface area contributed by atoms with E-state index in [1.807, 2.05) is 29.7 Å². The molecule has 1 fully saturated rings. The van der Waals surface area contributed by atoms with Gasteiger partial charge in [-0.1, -0.05) is 0 Å². The summed E-state index contributed by atoms with van der Waals surface area (Å²) in [6.45, 7) is 4.70. The SMILES string of the molecule is CNC(=O)c1cc(C)c(-c2nc3cc(C(C)F)ccn3c2C[C@H]2CN(C(=O)OC)CCO2)cc1P. The van der Waals surface area contributed by atoms with Crippen molar-refractivity contribution in [2.45, 2.75) is 32.5 Å². The normalized spacial score (nSPS) is 16.9. The lowest BCUT2D eigenvalue weighted by molar-refractivity contribution is -0.0241. The summed E-state index contributed by atoms with van der Waals surface area (Å²) in [5, 5.41) is 3.41. The topological polar surface area (TPSA) is 85.2 Å². The van der Waals surface area contributed by atoms with Crippen molar-refractivity contribution in [3.8, 4) is 11.3 Å². The van der Waals surface area contributed by atoms with Crippen molar-refractivity contribution in [3.63, 3.8) is 0 Å². The summed E-state index contributed by atoms with van der Waals surface area (Å²) in [4.78, 5) is 30.9. The lowest BCUT2D eigenvalue weighted by Crippen LogP contribution is -2.46. The summed E-state index contributed by atoms with van der Waals surface area (Å²) in [5.74, 6) is -0.167. The minimum atomic E-state index is -1.12. The molecule has 1 saturated heterocycles. The number of alkyl halides is 1. The smallest absolute Gasteiger partial charge is 0.409 e. The predicted molar refractivity (Wildman–Crippen MR) is 135 cm³/mol. The van der Waals surface area contributed by atoms with Gasteiger partial charge in [0, 0.05) is 37.3 Å². The van der Waals surface area contributed by atoms with Gasteiger partial charge in [0.2, 0.25) is 0 Å². The zero-order valence-corrected chi connectivity index (χ0v) is 21.5. The first-order chi connectivity index (χ1) is 16.7. The molecule has 3 aromatic rings. The van der Waals surface area contributed by atoms with E-state index < -0.39 is 6.17 Å². The van der Waals surface area contributed by atoms with Crippen molar-refractivity contribution in [2.75, 3.05) is 33.9 Å². The van der Waals surface area contributed by atoms with Gasteiger partial charge < -0.3 is 24.1 Å². The number of pyridine rings is 1. The maximum Gasteiger partial charge on any atom is 0.409 e. The fraction of sp³-hybridized carbons (Fsp3) is 0.400.